The molecule has 0 spiro atoms. The summed E-state index contributed by atoms with van der Waals surface area (Å²) in [7, 11) is -4.64. The Morgan fingerprint density at radius 1 is 1.17 bits per heavy atom. The Morgan fingerprint density at radius 2 is 1.17 bits per heavy atom. The van der Waals surface area contributed by atoms with Gasteiger partial charge < -0.3 is 14.7 Å². The SMILES string of the molecule is O=P(O)(O)O.[Cr+2]. The molecule has 0 aliphatic rings. The van der Waals surface area contributed by atoms with Crippen molar-refractivity contribution < 1.29 is 36.6 Å². The van der Waals surface area contributed by atoms with Crippen molar-refractivity contribution in [3.8, 4) is 0 Å². The van der Waals surface area contributed by atoms with E-state index in [1.54, 1.807) is 0 Å². The molecule has 0 radical (unpaired) electrons. The topological polar surface area (TPSA) is 77.8 Å². The summed E-state index contributed by atoms with van der Waals surface area (Å²) in [6.45, 7) is 0. The van der Waals surface area contributed by atoms with Gasteiger partial charge in [0.05, 0.1) is 0 Å². The molecule has 4 nitrogen and oxygen atoms in total. The van der Waals surface area contributed by atoms with Crippen LogP contribution in [-0.2, 0) is 21.9 Å². The third kappa shape index (κ3) is 149. The van der Waals surface area contributed by atoms with Crippen molar-refractivity contribution >= 4 is 7.82 Å². The Kier molecular flexibility index (Phi) is 4.51. The predicted molar refractivity (Wildman–Crippen MR) is 14.3 cm³/mol. The van der Waals surface area contributed by atoms with E-state index in [4.69, 9.17) is 19.2 Å². The van der Waals surface area contributed by atoms with Crippen LogP contribution in [0.4, 0.5) is 0 Å². The van der Waals surface area contributed by atoms with Crippen molar-refractivity contribution in [3.63, 3.8) is 0 Å². The molecule has 0 aliphatic carbocycles. The van der Waals surface area contributed by atoms with Crippen molar-refractivity contribution in [2.24, 2.45) is 0 Å². The Labute approximate surface area is 45.2 Å². The Bertz CT molecular complexity index is 53.7. The third-order valence-electron chi connectivity index (χ3n) is 0. The van der Waals surface area contributed by atoms with Crippen LogP contribution in [0.3, 0.4) is 0 Å². The fourth-order valence-corrected chi connectivity index (χ4v) is 0. The summed E-state index contributed by atoms with van der Waals surface area (Å²) < 4.78 is 8.88. The van der Waals surface area contributed by atoms with Crippen molar-refractivity contribution in [3.05, 3.63) is 0 Å². The fourth-order valence-electron chi connectivity index (χ4n) is 0. The molecule has 0 fully saturated rings. The zero-order valence-electron chi connectivity index (χ0n) is 2.61. The van der Waals surface area contributed by atoms with Crippen LogP contribution < -0.4 is 0 Å². The largest absolute Gasteiger partial charge is 2.00 e. The third-order valence-corrected chi connectivity index (χ3v) is 0. The zero-order valence-corrected chi connectivity index (χ0v) is 4.77. The summed E-state index contributed by atoms with van der Waals surface area (Å²) in [6, 6.07) is 0. The first-order chi connectivity index (χ1) is 2.00. The molecule has 6 heteroatoms. The molecule has 0 aromatic heterocycles. The van der Waals surface area contributed by atoms with E-state index in [1.165, 1.54) is 0 Å². The smallest absolute Gasteiger partial charge is 0.303 e. The summed E-state index contributed by atoms with van der Waals surface area (Å²) in [6.07, 6.45) is 0. The second-order valence-corrected chi connectivity index (χ2v) is 1.54. The molecule has 0 bridgehead atoms. The van der Waals surface area contributed by atoms with E-state index in [0.29, 0.717) is 0 Å². The van der Waals surface area contributed by atoms with Crippen LogP contribution in [-0.4, -0.2) is 14.7 Å². The van der Waals surface area contributed by atoms with Gasteiger partial charge in [0.2, 0.25) is 0 Å². The van der Waals surface area contributed by atoms with Gasteiger partial charge in [-0.2, -0.15) is 0 Å². The van der Waals surface area contributed by atoms with Gasteiger partial charge in [-0.15, -0.1) is 0 Å². The molecule has 36 valence electrons. The molecule has 0 amide bonds. The maximum Gasteiger partial charge on any atom is 2.00 e. The van der Waals surface area contributed by atoms with Gasteiger partial charge in [0, 0.05) is 0 Å². The van der Waals surface area contributed by atoms with Gasteiger partial charge in [-0.3, -0.25) is 0 Å². The van der Waals surface area contributed by atoms with E-state index in [9.17, 15) is 0 Å². The van der Waals surface area contributed by atoms with Gasteiger partial charge in [-0.25, -0.2) is 4.57 Å². The summed E-state index contributed by atoms with van der Waals surface area (Å²) >= 11 is 0. The first-order valence-corrected chi connectivity index (χ1v) is 2.35. The average Bonchev–Trinajstić information content (AvgIpc) is 0.722. The Hall–Kier alpha value is 0.642. The van der Waals surface area contributed by atoms with Crippen LogP contribution in [0.2, 0.25) is 0 Å². The number of hydrogen-bond donors (Lipinski definition) is 3. The first kappa shape index (κ1) is 9.81. The Morgan fingerprint density at radius 3 is 1.17 bits per heavy atom. The molecule has 0 atom stereocenters. The molecular weight excluding hydrogens is 147 g/mol. The van der Waals surface area contributed by atoms with E-state index in [0.717, 1.165) is 0 Å². The molecule has 0 heterocycles. The fraction of sp³-hybridized carbons (Fsp3) is 0. The maximum atomic E-state index is 8.88. The molecule has 3 N–H and O–H groups in total. The minimum Gasteiger partial charge on any atom is -0.303 e. The molecular formula is H3CrO4P+2. The Balaban J connectivity index is 0. The molecule has 0 saturated carbocycles. The first-order valence-electron chi connectivity index (χ1n) is 0.783. The second kappa shape index (κ2) is 2.76. The van der Waals surface area contributed by atoms with Gasteiger partial charge >= 0.3 is 25.2 Å². The van der Waals surface area contributed by atoms with E-state index >= 15 is 0 Å². The molecule has 0 unspecified atom stereocenters. The number of phosphoric acid groups is 1. The minimum atomic E-state index is -4.64. The van der Waals surface area contributed by atoms with E-state index < -0.39 is 7.82 Å². The van der Waals surface area contributed by atoms with Gasteiger partial charge in [-0.05, 0) is 0 Å². The quantitative estimate of drug-likeness (QED) is 0.390. The summed E-state index contributed by atoms with van der Waals surface area (Å²) in [5.74, 6) is 0. The number of rotatable bonds is 0. The minimum absolute atomic E-state index is 0. The van der Waals surface area contributed by atoms with Gasteiger partial charge in [0.1, 0.15) is 0 Å². The monoisotopic (exact) mass is 150 g/mol. The van der Waals surface area contributed by atoms with Gasteiger partial charge in [0.25, 0.3) is 0 Å². The maximum absolute atomic E-state index is 8.88. The zero-order chi connectivity index (χ0) is 4.50. The summed E-state index contributed by atoms with van der Waals surface area (Å²) in [5.41, 5.74) is 0. The molecule has 6 heavy (non-hydrogen) atoms. The number of hydrogen-bond acceptors (Lipinski definition) is 1. The van der Waals surface area contributed by atoms with Gasteiger partial charge in [-0.1, -0.05) is 0 Å². The standard InChI is InChI=1S/Cr.H3O4P/c;1-5(2,3)4/h;(H3,1,2,3,4)/q+2;. The molecule has 0 aliphatic heterocycles. The van der Waals surface area contributed by atoms with Crippen molar-refractivity contribution in [1.29, 1.82) is 0 Å². The van der Waals surface area contributed by atoms with Crippen LogP contribution in [0.5, 0.6) is 0 Å². The average molecular weight is 150 g/mol. The van der Waals surface area contributed by atoms with Crippen LogP contribution in [0.1, 0.15) is 0 Å². The molecule has 0 rings (SSSR count). The second-order valence-electron chi connectivity index (χ2n) is 0.513. The molecule has 0 saturated heterocycles. The van der Waals surface area contributed by atoms with E-state index in [2.05, 4.69) is 0 Å². The normalized spacial score (nSPS) is 9.83. The molecule has 0 aromatic carbocycles. The summed E-state index contributed by atoms with van der Waals surface area (Å²) in [5, 5.41) is 0. The summed E-state index contributed by atoms with van der Waals surface area (Å²) in [4.78, 5) is 21.6. The van der Waals surface area contributed by atoms with Crippen LogP contribution >= 0.6 is 7.82 Å². The van der Waals surface area contributed by atoms with Crippen molar-refractivity contribution in [2.45, 2.75) is 0 Å². The van der Waals surface area contributed by atoms with Crippen LogP contribution in [0.15, 0.2) is 0 Å². The van der Waals surface area contributed by atoms with E-state index in [1.807, 2.05) is 0 Å². The van der Waals surface area contributed by atoms with Crippen LogP contribution in [0.25, 0.3) is 0 Å². The van der Waals surface area contributed by atoms with E-state index in [-0.39, 0.29) is 17.4 Å². The molecule has 0 aromatic rings. The predicted octanol–water partition coefficient (Wildman–Crippen LogP) is -0.931. The van der Waals surface area contributed by atoms with Crippen LogP contribution in [0, 0.1) is 0 Å². The van der Waals surface area contributed by atoms with Gasteiger partial charge in [0.15, 0.2) is 0 Å². The van der Waals surface area contributed by atoms with Crippen molar-refractivity contribution in [1.82, 2.24) is 0 Å². The van der Waals surface area contributed by atoms with Crippen molar-refractivity contribution in [2.75, 3.05) is 0 Å².